The lowest BCUT2D eigenvalue weighted by Crippen LogP contribution is -2.52. The van der Waals surface area contributed by atoms with Crippen molar-refractivity contribution in [2.45, 2.75) is 53.0 Å². The summed E-state index contributed by atoms with van der Waals surface area (Å²) in [5.41, 5.74) is 2.67. The van der Waals surface area contributed by atoms with Gasteiger partial charge in [0.1, 0.15) is 0 Å². The number of benzene rings is 2. The van der Waals surface area contributed by atoms with E-state index in [1.54, 1.807) is 0 Å². The number of rotatable bonds is 6. The van der Waals surface area contributed by atoms with Crippen LogP contribution in [0.5, 0.6) is 0 Å². The molecule has 2 rings (SSSR count). The molecule has 0 aromatic heterocycles. The first-order valence-corrected chi connectivity index (χ1v) is 10.1. The van der Waals surface area contributed by atoms with Gasteiger partial charge in [0.2, 0.25) is 0 Å². The Morgan fingerprint density at radius 2 is 1.25 bits per heavy atom. The monoisotopic (exact) mass is 342 g/mol. The Labute approximate surface area is 148 Å². The predicted molar refractivity (Wildman–Crippen MR) is 109 cm³/mol. The Kier molecular flexibility index (Phi) is 6.57. The second-order valence-electron chi connectivity index (χ2n) is 7.40. The van der Waals surface area contributed by atoms with E-state index in [0.717, 1.165) is 6.54 Å². The highest BCUT2D eigenvalue weighted by molar-refractivity contribution is 7.73. The van der Waals surface area contributed by atoms with Crippen LogP contribution in [0.3, 0.4) is 0 Å². The molecule has 2 nitrogen and oxygen atoms in total. The fourth-order valence-corrected chi connectivity index (χ4v) is 5.38. The molecule has 0 bridgehead atoms. The molecule has 1 unspecified atom stereocenters. The molecule has 1 atom stereocenters. The van der Waals surface area contributed by atoms with Crippen LogP contribution >= 0.6 is 7.92 Å². The third kappa shape index (κ3) is 5.41. The number of hydrogen-bond donors (Lipinski definition) is 2. The summed E-state index contributed by atoms with van der Waals surface area (Å²) in [7, 11) is -0.532. The summed E-state index contributed by atoms with van der Waals surface area (Å²) in [5, 5.41) is 10.3. The van der Waals surface area contributed by atoms with Gasteiger partial charge in [-0.1, -0.05) is 66.6 Å². The Bertz CT molecular complexity index is 581. The zero-order valence-electron chi connectivity index (χ0n) is 15.9. The lowest BCUT2D eigenvalue weighted by molar-refractivity contribution is 0.384. The van der Waals surface area contributed by atoms with E-state index in [2.05, 4.69) is 101 Å². The average Bonchev–Trinajstić information content (AvgIpc) is 2.50. The third-order valence-corrected chi connectivity index (χ3v) is 6.39. The van der Waals surface area contributed by atoms with Gasteiger partial charge in [-0.3, -0.25) is 10.6 Å². The summed E-state index contributed by atoms with van der Waals surface area (Å²) < 4.78 is 0. The summed E-state index contributed by atoms with van der Waals surface area (Å²) in [4.78, 5) is 0. The Morgan fingerprint density at radius 3 is 1.58 bits per heavy atom. The lowest BCUT2D eigenvalue weighted by atomic mass is 10.1. The first-order valence-electron chi connectivity index (χ1n) is 8.74. The Balaban J connectivity index is 2.46. The molecule has 3 heteroatoms. The van der Waals surface area contributed by atoms with Crippen LogP contribution in [0, 0.1) is 13.8 Å². The molecule has 2 N–H and O–H groups in total. The van der Waals surface area contributed by atoms with Crippen molar-refractivity contribution in [1.82, 2.24) is 10.6 Å². The van der Waals surface area contributed by atoms with Crippen molar-refractivity contribution in [2.75, 3.05) is 6.54 Å². The van der Waals surface area contributed by atoms with Crippen LogP contribution in [0.1, 0.15) is 38.8 Å². The fourth-order valence-electron chi connectivity index (χ4n) is 2.67. The second-order valence-corrected chi connectivity index (χ2v) is 9.68. The quantitative estimate of drug-likeness (QED) is 0.612. The zero-order chi connectivity index (χ0) is 17.7. The van der Waals surface area contributed by atoms with Gasteiger partial charge in [-0.25, -0.2) is 0 Å². The highest BCUT2D eigenvalue weighted by atomic mass is 31.1. The number of nitrogens with one attached hydrogen (secondary N) is 2. The average molecular weight is 342 g/mol. The molecule has 0 fully saturated rings. The molecule has 0 aliphatic carbocycles. The first-order chi connectivity index (χ1) is 11.3. The van der Waals surface area contributed by atoms with Gasteiger partial charge in [-0.2, -0.15) is 0 Å². The lowest BCUT2D eigenvalue weighted by Gasteiger charge is -2.35. The molecule has 2 aromatic rings. The van der Waals surface area contributed by atoms with E-state index in [0.29, 0.717) is 0 Å². The van der Waals surface area contributed by atoms with E-state index in [-0.39, 0.29) is 11.4 Å². The standard InChI is InChI=1S/C21H31N2P/c1-7-22-20(23-21(4,5)6)24(18-12-8-16(2)9-13-18)19-14-10-17(3)11-15-19/h8-15,20,22-23H,7H2,1-6H3. The highest BCUT2D eigenvalue weighted by Crippen LogP contribution is 2.38. The summed E-state index contributed by atoms with van der Waals surface area (Å²) in [6.07, 6.45) is 0. The van der Waals surface area contributed by atoms with Crippen molar-refractivity contribution < 1.29 is 0 Å². The van der Waals surface area contributed by atoms with Crippen LogP contribution in [0.15, 0.2) is 48.5 Å². The van der Waals surface area contributed by atoms with Gasteiger partial charge in [0.15, 0.2) is 0 Å². The van der Waals surface area contributed by atoms with E-state index in [4.69, 9.17) is 0 Å². The molecule has 0 heterocycles. The zero-order valence-corrected chi connectivity index (χ0v) is 16.7. The molecule has 130 valence electrons. The van der Waals surface area contributed by atoms with Crippen LogP contribution in [0.4, 0.5) is 0 Å². The molecule has 0 spiro atoms. The van der Waals surface area contributed by atoms with Gasteiger partial charge in [0.25, 0.3) is 0 Å². The smallest absolute Gasteiger partial charge is 0.0862 e. The van der Waals surface area contributed by atoms with E-state index in [1.165, 1.54) is 21.7 Å². The minimum Gasteiger partial charge on any atom is -0.298 e. The van der Waals surface area contributed by atoms with Crippen LogP contribution < -0.4 is 21.2 Å². The maximum absolute atomic E-state index is 3.80. The molecular formula is C21H31N2P. The van der Waals surface area contributed by atoms with Crippen molar-refractivity contribution in [3.63, 3.8) is 0 Å². The minimum absolute atomic E-state index is 0.0583. The van der Waals surface area contributed by atoms with Crippen LogP contribution in [-0.2, 0) is 0 Å². The molecular weight excluding hydrogens is 311 g/mol. The van der Waals surface area contributed by atoms with E-state index in [1.807, 2.05) is 0 Å². The Morgan fingerprint density at radius 1 is 0.833 bits per heavy atom. The van der Waals surface area contributed by atoms with E-state index in [9.17, 15) is 0 Å². The first kappa shape index (κ1) is 19.1. The Hall–Kier alpha value is -1.21. The third-order valence-electron chi connectivity index (χ3n) is 3.85. The number of aryl methyl sites for hydroxylation is 2. The molecule has 0 aliphatic rings. The predicted octanol–water partition coefficient (Wildman–Crippen LogP) is 4.02. The van der Waals surface area contributed by atoms with Crippen LogP contribution in [0.2, 0.25) is 0 Å². The summed E-state index contributed by atoms with van der Waals surface area (Å²) in [5.74, 6) is 0.246. The summed E-state index contributed by atoms with van der Waals surface area (Å²) >= 11 is 0. The second kappa shape index (κ2) is 8.25. The van der Waals surface area contributed by atoms with E-state index >= 15 is 0 Å². The van der Waals surface area contributed by atoms with Gasteiger partial charge in [0, 0.05) is 5.54 Å². The maximum Gasteiger partial charge on any atom is 0.0862 e. The maximum atomic E-state index is 3.80. The van der Waals surface area contributed by atoms with Gasteiger partial charge in [-0.15, -0.1) is 0 Å². The topological polar surface area (TPSA) is 24.1 Å². The van der Waals surface area contributed by atoms with Crippen LogP contribution in [-0.4, -0.2) is 18.0 Å². The van der Waals surface area contributed by atoms with E-state index < -0.39 is 7.92 Å². The van der Waals surface area contributed by atoms with Crippen LogP contribution in [0.25, 0.3) is 0 Å². The number of hydrogen-bond acceptors (Lipinski definition) is 2. The molecule has 2 aromatic carbocycles. The summed E-state index contributed by atoms with van der Waals surface area (Å²) in [6.45, 7) is 14.1. The van der Waals surface area contributed by atoms with Crippen molar-refractivity contribution in [3.8, 4) is 0 Å². The summed E-state index contributed by atoms with van der Waals surface area (Å²) in [6, 6.07) is 18.0. The highest BCUT2D eigenvalue weighted by Gasteiger charge is 2.27. The van der Waals surface area contributed by atoms with Gasteiger partial charge in [0.05, 0.1) is 5.91 Å². The van der Waals surface area contributed by atoms with Gasteiger partial charge in [-0.05, 0) is 59.7 Å². The van der Waals surface area contributed by atoms with Crippen molar-refractivity contribution >= 4 is 18.5 Å². The largest absolute Gasteiger partial charge is 0.298 e. The molecule has 0 amide bonds. The molecule has 0 radical (unpaired) electrons. The fraction of sp³-hybridized carbons (Fsp3) is 0.429. The van der Waals surface area contributed by atoms with Gasteiger partial charge >= 0.3 is 0 Å². The molecule has 0 aliphatic heterocycles. The molecule has 0 saturated carbocycles. The van der Waals surface area contributed by atoms with Crippen molar-refractivity contribution in [2.24, 2.45) is 0 Å². The van der Waals surface area contributed by atoms with Crippen molar-refractivity contribution in [3.05, 3.63) is 59.7 Å². The molecule has 0 saturated heterocycles. The SMILES string of the molecule is CCNC(NC(C)(C)C)P(c1ccc(C)cc1)c1ccc(C)cc1. The molecule has 24 heavy (non-hydrogen) atoms. The van der Waals surface area contributed by atoms with Gasteiger partial charge < -0.3 is 0 Å². The normalized spacial score (nSPS) is 13.3. The van der Waals surface area contributed by atoms with Crippen molar-refractivity contribution in [1.29, 1.82) is 0 Å². The minimum atomic E-state index is -0.532.